The molecular formula is C17H17ClN4O3. The van der Waals surface area contributed by atoms with Gasteiger partial charge in [0.15, 0.2) is 0 Å². The van der Waals surface area contributed by atoms with E-state index in [0.717, 1.165) is 0 Å². The van der Waals surface area contributed by atoms with Crippen molar-refractivity contribution in [1.82, 2.24) is 9.88 Å². The van der Waals surface area contributed by atoms with Crippen LogP contribution in [0.15, 0.2) is 42.6 Å². The number of nitrogens with one attached hydrogen (secondary N) is 2. The molecule has 0 saturated heterocycles. The van der Waals surface area contributed by atoms with E-state index in [2.05, 4.69) is 15.6 Å². The molecule has 0 unspecified atom stereocenters. The summed E-state index contributed by atoms with van der Waals surface area (Å²) in [6.45, 7) is 1.26. The molecule has 0 aliphatic carbocycles. The predicted molar refractivity (Wildman–Crippen MR) is 95.6 cm³/mol. The molecule has 0 bridgehead atoms. The molecule has 8 heteroatoms. The van der Waals surface area contributed by atoms with Gasteiger partial charge in [-0.1, -0.05) is 17.7 Å². The highest BCUT2D eigenvalue weighted by molar-refractivity contribution is 6.29. The van der Waals surface area contributed by atoms with Gasteiger partial charge in [0.05, 0.1) is 6.54 Å². The number of nitrogens with zero attached hydrogens (tertiary/aromatic N) is 2. The van der Waals surface area contributed by atoms with Crippen molar-refractivity contribution >= 4 is 40.7 Å². The number of rotatable bonds is 5. The average molecular weight is 361 g/mol. The predicted octanol–water partition coefficient (Wildman–Crippen LogP) is 2.40. The van der Waals surface area contributed by atoms with Gasteiger partial charge in [0, 0.05) is 37.1 Å². The van der Waals surface area contributed by atoms with Crippen LogP contribution in [0.4, 0.5) is 11.4 Å². The Morgan fingerprint density at radius 1 is 1.12 bits per heavy atom. The van der Waals surface area contributed by atoms with Crippen molar-refractivity contribution < 1.29 is 14.4 Å². The summed E-state index contributed by atoms with van der Waals surface area (Å²) < 4.78 is 0. The maximum absolute atomic E-state index is 12.3. The quantitative estimate of drug-likeness (QED) is 0.801. The zero-order chi connectivity index (χ0) is 18.4. The molecule has 2 aromatic rings. The van der Waals surface area contributed by atoms with E-state index in [0.29, 0.717) is 16.9 Å². The molecule has 1 aromatic carbocycles. The third-order valence-electron chi connectivity index (χ3n) is 3.17. The van der Waals surface area contributed by atoms with E-state index in [-0.39, 0.29) is 29.4 Å². The first-order chi connectivity index (χ1) is 11.8. The molecule has 0 radical (unpaired) electrons. The number of benzene rings is 1. The van der Waals surface area contributed by atoms with Crippen molar-refractivity contribution in [3.8, 4) is 0 Å². The van der Waals surface area contributed by atoms with Gasteiger partial charge in [-0.05, 0) is 30.3 Å². The number of carbonyl (C=O) groups is 3. The van der Waals surface area contributed by atoms with Crippen LogP contribution in [-0.2, 0) is 9.59 Å². The molecule has 0 aliphatic heterocycles. The van der Waals surface area contributed by atoms with Gasteiger partial charge in [-0.25, -0.2) is 4.98 Å². The molecule has 0 fully saturated rings. The summed E-state index contributed by atoms with van der Waals surface area (Å²) in [6, 6.07) is 9.70. The number of anilines is 2. The van der Waals surface area contributed by atoms with Crippen LogP contribution in [0.2, 0.25) is 5.15 Å². The highest BCUT2D eigenvalue weighted by Crippen LogP contribution is 2.15. The summed E-state index contributed by atoms with van der Waals surface area (Å²) in [4.78, 5) is 40.6. The number of likely N-dealkylation sites (N-methyl/N-ethyl adjacent to an activating group) is 1. The molecule has 0 spiro atoms. The summed E-state index contributed by atoms with van der Waals surface area (Å²) in [5.41, 5.74) is 1.44. The molecular weight excluding hydrogens is 344 g/mol. The van der Waals surface area contributed by atoms with Gasteiger partial charge < -0.3 is 15.5 Å². The lowest BCUT2D eigenvalue weighted by molar-refractivity contribution is -0.116. The molecule has 130 valence electrons. The largest absolute Gasteiger partial charge is 0.332 e. The SMILES string of the molecule is CC(=O)Nc1cccc(NC(=O)CN(C)C(=O)c2ccnc(Cl)c2)c1. The molecule has 2 rings (SSSR count). The van der Waals surface area contributed by atoms with Gasteiger partial charge in [-0.3, -0.25) is 14.4 Å². The smallest absolute Gasteiger partial charge is 0.254 e. The molecule has 25 heavy (non-hydrogen) atoms. The first kappa shape index (κ1) is 18.4. The van der Waals surface area contributed by atoms with Gasteiger partial charge in [0.1, 0.15) is 5.15 Å². The molecule has 0 saturated carbocycles. The number of hydrogen-bond acceptors (Lipinski definition) is 4. The van der Waals surface area contributed by atoms with Crippen LogP contribution in [-0.4, -0.2) is 41.2 Å². The van der Waals surface area contributed by atoms with Crippen LogP contribution in [0, 0.1) is 0 Å². The monoisotopic (exact) mass is 360 g/mol. The topological polar surface area (TPSA) is 91.4 Å². The highest BCUT2D eigenvalue weighted by atomic mass is 35.5. The zero-order valence-corrected chi connectivity index (χ0v) is 14.5. The zero-order valence-electron chi connectivity index (χ0n) is 13.7. The molecule has 0 aliphatic rings. The van der Waals surface area contributed by atoms with Crippen LogP contribution in [0.5, 0.6) is 0 Å². The minimum Gasteiger partial charge on any atom is -0.332 e. The minimum atomic E-state index is -0.365. The minimum absolute atomic E-state index is 0.136. The van der Waals surface area contributed by atoms with Crippen LogP contribution >= 0.6 is 11.6 Å². The Kier molecular flexibility index (Phi) is 6.08. The van der Waals surface area contributed by atoms with Crippen LogP contribution in [0.1, 0.15) is 17.3 Å². The summed E-state index contributed by atoms with van der Waals surface area (Å²) in [6.07, 6.45) is 1.43. The molecule has 3 amide bonds. The van der Waals surface area contributed by atoms with Crippen molar-refractivity contribution in [2.24, 2.45) is 0 Å². The van der Waals surface area contributed by atoms with E-state index in [4.69, 9.17) is 11.6 Å². The Bertz CT molecular complexity index is 810. The van der Waals surface area contributed by atoms with E-state index < -0.39 is 0 Å². The standard InChI is InChI=1S/C17H17ClN4O3/c1-11(23)20-13-4-3-5-14(9-13)21-16(24)10-22(2)17(25)12-6-7-19-15(18)8-12/h3-9H,10H2,1-2H3,(H,20,23)(H,21,24). The second kappa shape index (κ2) is 8.25. The number of amides is 3. The second-order valence-electron chi connectivity index (χ2n) is 5.34. The summed E-state index contributed by atoms with van der Waals surface area (Å²) in [7, 11) is 1.52. The fourth-order valence-corrected chi connectivity index (χ4v) is 2.30. The van der Waals surface area contributed by atoms with Crippen LogP contribution < -0.4 is 10.6 Å². The molecule has 7 nitrogen and oxygen atoms in total. The van der Waals surface area contributed by atoms with Gasteiger partial charge in [-0.2, -0.15) is 0 Å². The first-order valence-corrected chi connectivity index (χ1v) is 7.77. The van der Waals surface area contributed by atoms with Crippen LogP contribution in [0.25, 0.3) is 0 Å². The Hall–Kier alpha value is -2.93. The Morgan fingerprint density at radius 3 is 2.44 bits per heavy atom. The maximum atomic E-state index is 12.3. The summed E-state index contributed by atoms with van der Waals surface area (Å²) >= 11 is 5.77. The fraction of sp³-hybridized carbons (Fsp3) is 0.176. The van der Waals surface area contributed by atoms with E-state index in [1.807, 2.05) is 0 Å². The van der Waals surface area contributed by atoms with Crippen molar-refractivity contribution in [3.63, 3.8) is 0 Å². The lowest BCUT2D eigenvalue weighted by Gasteiger charge is -2.17. The number of aromatic nitrogens is 1. The number of hydrogen-bond donors (Lipinski definition) is 2. The molecule has 0 atom stereocenters. The average Bonchev–Trinajstić information content (AvgIpc) is 2.53. The third kappa shape index (κ3) is 5.58. The maximum Gasteiger partial charge on any atom is 0.254 e. The Labute approximate surface area is 150 Å². The molecule has 1 aromatic heterocycles. The van der Waals surface area contributed by atoms with Crippen molar-refractivity contribution in [2.75, 3.05) is 24.2 Å². The van der Waals surface area contributed by atoms with E-state index in [9.17, 15) is 14.4 Å². The lowest BCUT2D eigenvalue weighted by Crippen LogP contribution is -2.34. The van der Waals surface area contributed by atoms with Crippen molar-refractivity contribution in [3.05, 3.63) is 53.3 Å². The Balaban J connectivity index is 1.97. The van der Waals surface area contributed by atoms with Crippen LogP contribution in [0.3, 0.4) is 0 Å². The lowest BCUT2D eigenvalue weighted by atomic mass is 10.2. The number of carbonyl (C=O) groups excluding carboxylic acids is 3. The van der Waals surface area contributed by atoms with Gasteiger partial charge in [0.25, 0.3) is 5.91 Å². The third-order valence-corrected chi connectivity index (χ3v) is 3.37. The normalized spacial score (nSPS) is 10.0. The number of halogens is 1. The van der Waals surface area contributed by atoms with Crippen molar-refractivity contribution in [1.29, 1.82) is 0 Å². The first-order valence-electron chi connectivity index (χ1n) is 7.39. The molecule has 1 heterocycles. The highest BCUT2D eigenvalue weighted by Gasteiger charge is 2.15. The van der Waals surface area contributed by atoms with Gasteiger partial charge in [-0.15, -0.1) is 0 Å². The van der Waals surface area contributed by atoms with E-state index in [1.165, 1.54) is 37.2 Å². The molecule has 2 N–H and O–H groups in total. The summed E-state index contributed by atoms with van der Waals surface area (Å²) in [5, 5.41) is 5.52. The second-order valence-corrected chi connectivity index (χ2v) is 5.73. The van der Waals surface area contributed by atoms with Crippen molar-refractivity contribution in [2.45, 2.75) is 6.92 Å². The van der Waals surface area contributed by atoms with Gasteiger partial charge in [0.2, 0.25) is 11.8 Å². The van der Waals surface area contributed by atoms with Gasteiger partial charge >= 0.3 is 0 Å². The summed E-state index contributed by atoms with van der Waals surface area (Å²) in [5.74, 6) is -0.910. The van der Waals surface area contributed by atoms with E-state index in [1.54, 1.807) is 24.3 Å². The fourth-order valence-electron chi connectivity index (χ4n) is 2.12. The van der Waals surface area contributed by atoms with E-state index >= 15 is 0 Å². The number of pyridine rings is 1. The Morgan fingerprint density at radius 2 is 1.80 bits per heavy atom.